The highest BCUT2D eigenvalue weighted by Crippen LogP contribution is 2.28. The minimum absolute atomic E-state index is 0.312. The van der Waals surface area contributed by atoms with Crippen molar-refractivity contribution in [3.05, 3.63) is 42.0 Å². The zero-order chi connectivity index (χ0) is 11.7. The van der Waals surface area contributed by atoms with E-state index in [9.17, 15) is 18.7 Å². The summed E-state index contributed by atoms with van der Waals surface area (Å²) in [5, 5.41) is 10.5. The molecular formula is C12H8F2O2. The van der Waals surface area contributed by atoms with Crippen LogP contribution >= 0.6 is 0 Å². The Kier molecular flexibility index (Phi) is 2.56. The van der Waals surface area contributed by atoms with Gasteiger partial charge in [-0.1, -0.05) is 30.3 Å². The first-order chi connectivity index (χ1) is 7.61. The quantitative estimate of drug-likeness (QED) is 0.793. The standard InChI is InChI=1S/C12H8F2O2/c13-12(14)11(16)10-8-4-2-1-3-7(8)5-6-9(10)15/h1-6,12,15H. The van der Waals surface area contributed by atoms with Crippen LogP contribution in [0.5, 0.6) is 5.75 Å². The largest absolute Gasteiger partial charge is 0.507 e. The van der Waals surface area contributed by atoms with Crippen LogP contribution in [0.25, 0.3) is 10.8 Å². The van der Waals surface area contributed by atoms with E-state index in [1.165, 1.54) is 12.1 Å². The van der Waals surface area contributed by atoms with Crippen LogP contribution in [0.4, 0.5) is 8.78 Å². The number of Topliss-reactive ketones (excluding diaryl/α,β-unsaturated/α-hetero) is 1. The summed E-state index contributed by atoms with van der Waals surface area (Å²) in [5.74, 6) is -1.77. The molecule has 1 N–H and O–H groups in total. The summed E-state index contributed by atoms with van der Waals surface area (Å²) in [4.78, 5) is 11.3. The number of carbonyl (C=O) groups excluding carboxylic acids is 1. The molecule has 16 heavy (non-hydrogen) atoms. The molecule has 0 bridgehead atoms. The molecule has 0 saturated carbocycles. The molecule has 0 aliphatic carbocycles. The highest BCUT2D eigenvalue weighted by molar-refractivity contribution is 6.11. The molecule has 4 heteroatoms. The van der Waals surface area contributed by atoms with Crippen molar-refractivity contribution < 1.29 is 18.7 Å². The number of phenolic OH excluding ortho intramolecular Hbond substituents is 1. The van der Waals surface area contributed by atoms with Gasteiger partial charge in [-0.15, -0.1) is 0 Å². The number of benzene rings is 2. The molecule has 2 nitrogen and oxygen atoms in total. The normalized spacial score (nSPS) is 10.9. The fourth-order valence-electron chi connectivity index (χ4n) is 1.63. The first-order valence-corrected chi connectivity index (χ1v) is 4.64. The van der Waals surface area contributed by atoms with Gasteiger partial charge < -0.3 is 5.11 Å². The van der Waals surface area contributed by atoms with Crippen LogP contribution in [0.1, 0.15) is 10.4 Å². The van der Waals surface area contributed by atoms with Gasteiger partial charge in [-0.3, -0.25) is 4.79 Å². The molecule has 0 amide bonds. The van der Waals surface area contributed by atoms with Gasteiger partial charge in [-0.05, 0) is 16.8 Å². The van der Waals surface area contributed by atoms with E-state index in [0.29, 0.717) is 10.8 Å². The Morgan fingerprint density at radius 2 is 1.81 bits per heavy atom. The molecule has 2 rings (SSSR count). The van der Waals surface area contributed by atoms with Gasteiger partial charge in [0, 0.05) is 0 Å². The zero-order valence-corrected chi connectivity index (χ0v) is 8.15. The number of carbonyl (C=O) groups is 1. The van der Waals surface area contributed by atoms with E-state index in [1.807, 2.05) is 0 Å². The van der Waals surface area contributed by atoms with Gasteiger partial charge in [-0.25, -0.2) is 8.78 Å². The molecular weight excluding hydrogens is 214 g/mol. The molecule has 0 spiro atoms. The predicted octanol–water partition coefficient (Wildman–Crippen LogP) is 2.99. The van der Waals surface area contributed by atoms with E-state index in [1.54, 1.807) is 24.3 Å². The third kappa shape index (κ3) is 1.62. The van der Waals surface area contributed by atoms with Crippen LogP contribution in [0.15, 0.2) is 36.4 Å². The summed E-state index contributed by atoms with van der Waals surface area (Å²) in [6.45, 7) is 0. The first-order valence-electron chi connectivity index (χ1n) is 4.64. The van der Waals surface area contributed by atoms with Gasteiger partial charge in [0.15, 0.2) is 0 Å². The Morgan fingerprint density at radius 1 is 1.12 bits per heavy atom. The summed E-state index contributed by atoms with van der Waals surface area (Å²) in [5.41, 5.74) is -0.312. The monoisotopic (exact) mass is 222 g/mol. The zero-order valence-electron chi connectivity index (χ0n) is 8.15. The number of rotatable bonds is 2. The van der Waals surface area contributed by atoms with Gasteiger partial charge >= 0.3 is 6.43 Å². The van der Waals surface area contributed by atoms with Crippen LogP contribution in [0, 0.1) is 0 Å². The second kappa shape index (κ2) is 3.89. The smallest absolute Gasteiger partial charge is 0.300 e. The molecule has 0 atom stereocenters. The average molecular weight is 222 g/mol. The van der Waals surface area contributed by atoms with E-state index in [-0.39, 0.29) is 5.56 Å². The van der Waals surface area contributed by atoms with Gasteiger partial charge in [0.25, 0.3) is 0 Å². The maximum atomic E-state index is 12.4. The minimum atomic E-state index is -3.11. The predicted molar refractivity (Wildman–Crippen MR) is 55.9 cm³/mol. The lowest BCUT2D eigenvalue weighted by Crippen LogP contribution is -2.10. The molecule has 0 heterocycles. The number of alkyl halides is 2. The van der Waals surface area contributed by atoms with Crippen molar-refractivity contribution in [3.63, 3.8) is 0 Å². The van der Waals surface area contributed by atoms with Crippen LogP contribution in [-0.4, -0.2) is 17.3 Å². The van der Waals surface area contributed by atoms with E-state index in [4.69, 9.17) is 0 Å². The highest BCUT2D eigenvalue weighted by Gasteiger charge is 2.23. The third-order valence-electron chi connectivity index (χ3n) is 2.35. The number of halogens is 2. The number of hydrogen-bond acceptors (Lipinski definition) is 2. The Bertz CT molecular complexity index is 550. The van der Waals surface area contributed by atoms with Crippen molar-refractivity contribution in [2.45, 2.75) is 6.43 Å². The Balaban J connectivity index is 2.75. The molecule has 2 aromatic carbocycles. The van der Waals surface area contributed by atoms with Gasteiger partial charge in [0.2, 0.25) is 5.78 Å². The summed E-state index contributed by atoms with van der Waals surface area (Å²) >= 11 is 0. The van der Waals surface area contributed by atoms with E-state index in [2.05, 4.69) is 0 Å². The van der Waals surface area contributed by atoms with Crippen molar-refractivity contribution in [3.8, 4) is 5.75 Å². The molecule has 0 fully saturated rings. The maximum absolute atomic E-state index is 12.4. The SMILES string of the molecule is O=C(c1c(O)ccc2ccccc12)C(F)F. The molecule has 0 unspecified atom stereocenters. The molecule has 0 aromatic heterocycles. The number of hydrogen-bond donors (Lipinski definition) is 1. The van der Waals surface area contributed by atoms with E-state index < -0.39 is 18.0 Å². The van der Waals surface area contributed by atoms with Crippen LogP contribution in [0.3, 0.4) is 0 Å². The Hall–Kier alpha value is -1.97. The van der Waals surface area contributed by atoms with Gasteiger partial charge in [-0.2, -0.15) is 0 Å². The van der Waals surface area contributed by atoms with Crippen molar-refractivity contribution in [2.75, 3.05) is 0 Å². The summed E-state index contributed by atoms with van der Waals surface area (Å²) in [6.07, 6.45) is -3.11. The van der Waals surface area contributed by atoms with Crippen LogP contribution < -0.4 is 0 Å². The van der Waals surface area contributed by atoms with Gasteiger partial charge in [0.05, 0.1) is 5.56 Å². The molecule has 0 radical (unpaired) electrons. The molecule has 0 saturated heterocycles. The number of fused-ring (bicyclic) bond motifs is 1. The second-order valence-corrected chi connectivity index (χ2v) is 3.35. The van der Waals surface area contributed by atoms with Crippen molar-refractivity contribution in [2.24, 2.45) is 0 Å². The fraction of sp³-hybridized carbons (Fsp3) is 0.0833. The van der Waals surface area contributed by atoms with E-state index in [0.717, 1.165) is 0 Å². The average Bonchev–Trinajstić information content (AvgIpc) is 2.28. The summed E-state index contributed by atoms with van der Waals surface area (Å²) in [7, 11) is 0. The van der Waals surface area contributed by atoms with Crippen LogP contribution in [0.2, 0.25) is 0 Å². The second-order valence-electron chi connectivity index (χ2n) is 3.35. The number of phenols is 1. The first kappa shape index (κ1) is 10.5. The van der Waals surface area contributed by atoms with Gasteiger partial charge in [0.1, 0.15) is 5.75 Å². The molecule has 82 valence electrons. The fourth-order valence-corrected chi connectivity index (χ4v) is 1.63. The van der Waals surface area contributed by atoms with Crippen LogP contribution in [-0.2, 0) is 0 Å². The lowest BCUT2D eigenvalue weighted by atomic mass is 10.0. The lowest BCUT2D eigenvalue weighted by Gasteiger charge is -2.07. The number of aromatic hydroxyl groups is 1. The Labute approximate surface area is 90.1 Å². The Morgan fingerprint density at radius 3 is 2.50 bits per heavy atom. The summed E-state index contributed by atoms with van der Waals surface area (Å²) < 4.78 is 24.7. The van der Waals surface area contributed by atoms with Crippen molar-refractivity contribution >= 4 is 16.6 Å². The minimum Gasteiger partial charge on any atom is -0.507 e. The maximum Gasteiger partial charge on any atom is 0.300 e. The molecule has 2 aromatic rings. The van der Waals surface area contributed by atoms with Crippen molar-refractivity contribution in [1.29, 1.82) is 0 Å². The van der Waals surface area contributed by atoms with Crippen molar-refractivity contribution in [1.82, 2.24) is 0 Å². The molecule has 0 aliphatic rings. The topological polar surface area (TPSA) is 37.3 Å². The summed E-state index contributed by atoms with van der Waals surface area (Å²) in [6, 6.07) is 9.41. The lowest BCUT2D eigenvalue weighted by molar-refractivity contribution is 0.0677. The molecule has 0 aliphatic heterocycles. The number of ketones is 1. The third-order valence-corrected chi connectivity index (χ3v) is 2.35. The highest BCUT2D eigenvalue weighted by atomic mass is 19.3. The van der Waals surface area contributed by atoms with E-state index >= 15 is 0 Å².